The monoisotopic (exact) mass is 196 g/mol. The minimum absolute atomic E-state index is 0.458. The lowest BCUT2D eigenvalue weighted by Gasteiger charge is -2.14. The molecule has 0 saturated heterocycles. The van der Waals surface area contributed by atoms with Crippen molar-refractivity contribution in [2.24, 2.45) is 0 Å². The Morgan fingerprint density at radius 2 is 2.21 bits per heavy atom. The molecule has 0 unspecified atom stereocenters. The normalized spacial score (nSPS) is 11.3. The van der Waals surface area contributed by atoms with Gasteiger partial charge in [-0.05, 0) is 27.9 Å². The summed E-state index contributed by atoms with van der Waals surface area (Å²) < 4.78 is 2.13. The fraction of sp³-hybridized carbons (Fsp3) is 0.700. The molecule has 1 heterocycles. The number of nitrogens with one attached hydrogen (secondary N) is 1. The van der Waals surface area contributed by atoms with Crippen molar-refractivity contribution in [1.29, 1.82) is 0 Å². The summed E-state index contributed by atoms with van der Waals surface area (Å²) in [5.74, 6) is 0.960. The minimum Gasteiger partial charge on any atom is -0.354 e. The molecule has 0 amide bonds. The maximum absolute atomic E-state index is 4.27. The first-order valence-electron chi connectivity index (χ1n) is 5.02. The highest BCUT2D eigenvalue weighted by Gasteiger charge is 2.04. The molecule has 0 aliphatic heterocycles. The number of anilines is 1. The van der Waals surface area contributed by atoms with Crippen LogP contribution in [0, 0.1) is 0 Å². The number of imidazole rings is 1. The van der Waals surface area contributed by atoms with Crippen LogP contribution >= 0.6 is 0 Å². The highest BCUT2D eigenvalue weighted by molar-refractivity contribution is 5.26. The quantitative estimate of drug-likeness (QED) is 0.773. The first kappa shape index (κ1) is 11.0. The summed E-state index contributed by atoms with van der Waals surface area (Å²) in [6.07, 6.45) is 3.83. The summed E-state index contributed by atoms with van der Waals surface area (Å²) in [6.45, 7) is 6.25. The Morgan fingerprint density at radius 3 is 2.79 bits per heavy atom. The fourth-order valence-corrected chi connectivity index (χ4v) is 1.26. The fourth-order valence-electron chi connectivity index (χ4n) is 1.26. The van der Waals surface area contributed by atoms with E-state index in [1.807, 2.05) is 12.4 Å². The minimum atomic E-state index is 0.458. The van der Waals surface area contributed by atoms with Gasteiger partial charge in [-0.15, -0.1) is 0 Å². The zero-order valence-corrected chi connectivity index (χ0v) is 9.49. The van der Waals surface area contributed by atoms with Crippen molar-refractivity contribution in [2.45, 2.75) is 19.9 Å². The van der Waals surface area contributed by atoms with Gasteiger partial charge in [-0.25, -0.2) is 4.98 Å². The third-order valence-corrected chi connectivity index (χ3v) is 2.07. The molecule has 14 heavy (non-hydrogen) atoms. The van der Waals surface area contributed by atoms with Crippen LogP contribution in [0.5, 0.6) is 0 Å². The molecule has 4 heteroatoms. The molecule has 0 fully saturated rings. The Morgan fingerprint density at radius 1 is 1.50 bits per heavy atom. The van der Waals surface area contributed by atoms with Crippen LogP contribution < -0.4 is 5.32 Å². The van der Waals surface area contributed by atoms with Crippen LogP contribution in [0.15, 0.2) is 12.4 Å². The molecule has 0 radical (unpaired) electrons. The molecule has 1 N–H and O–H groups in total. The molecule has 0 spiro atoms. The van der Waals surface area contributed by atoms with E-state index in [0.29, 0.717) is 6.04 Å². The van der Waals surface area contributed by atoms with Gasteiger partial charge in [0, 0.05) is 31.5 Å². The average Bonchev–Trinajstić information content (AvgIpc) is 2.51. The summed E-state index contributed by atoms with van der Waals surface area (Å²) >= 11 is 0. The number of rotatable bonds is 5. The van der Waals surface area contributed by atoms with Crippen LogP contribution in [0.2, 0.25) is 0 Å². The lowest BCUT2D eigenvalue weighted by atomic mass is 10.4. The number of hydrogen-bond acceptors (Lipinski definition) is 3. The third kappa shape index (κ3) is 3.03. The zero-order valence-electron chi connectivity index (χ0n) is 9.49. The summed E-state index contributed by atoms with van der Waals surface area (Å²) in [5.41, 5.74) is 0. The van der Waals surface area contributed by atoms with E-state index in [-0.39, 0.29) is 0 Å². The van der Waals surface area contributed by atoms with Gasteiger partial charge in [-0.1, -0.05) is 0 Å². The number of aromatic nitrogens is 2. The van der Waals surface area contributed by atoms with Gasteiger partial charge in [0.1, 0.15) is 0 Å². The lowest BCUT2D eigenvalue weighted by molar-refractivity contribution is 0.424. The molecule has 0 atom stereocenters. The van der Waals surface area contributed by atoms with E-state index in [0.717, 1.165) is 19.0 Å². The summed E-state index contributed by atoms with van der Waals surface area (Å²) in [7, 11) is 4.13. The lowest BCUT2D eigenvalue weighted by Crippen LogP contribution is -2.22. The maximum atomic E-state index is 4.27. The van der Waals surface area contributed by atoms with Crippen molar-refractivity contribution in [3.8, 4) is 0 Å². The van der Waals surface area contributed by atoms with E-state index >= 15 is 0 Å². The molecular weight excluding hydrogens is 176 g/mol. The van der Waals surface area contributed by atoms with Crippen LogP contribution in [-0.2, 0) is 0 Å². The number of nitrogens with zero attached hydrogens (tertiary/aromatic N) is 3. The number of hydrogen-bond donors (Lipinski definition) is 1. The van der Waals surface area contributed by atoms with E-state index < -0.39 is 0 Å². The molecule has 1 aromatic rings. The SMILES string of the molecule is CC(C)n1ccnc1NCCN(C)C. The number of likely N-dealkylation sites (N-methyl/N-ethyl adjacent to an activating group) is 1. The van der Waals surface area contributed by atoms with Crippen molar-refractivity contribution in [1.82, 2.24) is 14.5 Å². The first-order chi connectivity index (χ1) is 6.61. The predicted molar refractivity (Wildman–Crippen MR) is 59.7 cm³/mol. The Labute approximate surface area is 85.9 Å². The van der Waals surface area contributed by atoms with E-state index in [2.05, 4.69) is 47.7 Å². The third-order valence-electron chi connectivity index (χ3n) is 2.07. The van der Waals surface area contributed by atoms with Gasteiger partial charge in [0.2, 0.25) is 5.95 Å². The van der Waals surface area contributed by atoms with Crippen LogP contribution in [0.1, 0.15) is 19.9 Å². The summed E-state index contributed by atoms with van der Waals surface area (Å²) in [6, 6.07) is 0.458. The van der Waals surface area contributed by atoms with E-state index in [4.69, 9.17) is 0 Å². The second-order valence-electron chi connectivity index (χ2n) is 3.98. The van der Waals surface area contributed by atoms with Crippen LogP contribution in [0.4, 0.5) is 5.95 Å². The molecule has 0 aromatic carbocycles. The largest absolute Gasteiger partial charge is 0.354 e. The van der Waals surface area contributed by atoms with Crippen LogP contribution in [-0.4, -0.2) is 41.6 Å². The van der Waals surface area contributed by atoms with Crippen LogP contribution in [0.3, 0.4) is 0 Å². The van der Waals surface area contributed by atoms with E-state index in [1.54, 1.807) is 0 Å². The first-order valence-corrected chi connectivity index (χ1v) is 5.02. The highest BCUT2D eigenvalue weighted by atomic mass is 15.2. The summed E-state index contributed by atoms with van der Waals surface area (Å²) in [4.78, 5) is 6.42. The van der Waals surface area contributed by atoms with Gasteiger partial charge in [0.05, 0.1) is 0 Å². The molecule has 0 aliphatic rings. The van der Waals surface area contributed by atoms with Gasteiger partial charge < -0.3 is 14.8 Å². The molecule has 0 bridgehead atoms. The summed E-state index contributed by atoms with van der Waals surface area (Å²) in [5, 5.41) is 3.32. The molecule has 80 valence electrons. The zero-order chi connectivity index (χ0) is 10.6. The Kier molecular flexibility index (Phi) is 3.95. The van der Waals surface area contributed by atoms with Crippen molar-refractivity contribution in [3.05, 3.63) is 12.4 Å². The van der Waals surface area contributed by atoms with Gasteiger partial charge in [-0.3, -0.25) is 0 Å². The van der Waals surface area contributed by atoms with Crippen molar-refractivity contribution < 1.29 is 0 Å². The van der Waals surface area contributed by atoms with Crippen molar-refractivity contribution in [2.75, 3.05) is 32.5 Å². The topological polar surface area (TPSA) is 33.1 Å². The second-order valence-corrected chi connectivity index (χ2v) is 3.98. The van der Waals surface area contributed by atoms with Gasteiger partial charge in [-0.2, -0.15) is 0 Å². The van der Waals surface area contributed by atoms with Crippen molar-refractivity contribution >= 4 is 5.95 Å². The van der Waals surface area contributed by atoms with Gasteiger partial charge >= 0.3 is 0 Å². The smallest absolute Gasteiger partial charge is 0.203 e. The Hall–Kier alpha value is -1.03. The Bertz CT molecular complexity index is 265. The van der Waals surface area contributed by atoms with Crippen LogP contribution in [0.25, 0.3) is 0 Å². The highest BCUT2D eigenvalue weighted by Crippen LogP contribution is 2.11. The van der Waals surface area contributed by atoms with Crippen molar-refractivity contribution in [3.63, 3.8) is 0 Å². The van der Waals surface area contributed by atoms with E-state index in [1.165, 1.54) is 0 Å². The molecule has 0 saturated carbocycles. The molecular formula is C10H20N4. The predicted octanol–water partition coefficient (Wildman–Crippen LogP) is 1.44. The molecule has 1 rings (SSSR count). The second kappa shape index (κ2) is 5.00. The van der Waals surface area contributed by atoms with Gasteiger partial charge in [0.25, 0.3) is 0 Å². The maximum Gasteiger partial charge on any atom is 0.203 e. The average molecular weight is 196 g/mol. The standard InChI is InChI=1S/C10H20N4/c1-9(2)14-8-6-12-10(14)11-5-7-13(3)4/h6,8-9H,5,7H2,1-4H3,(H,11,12). The van der Waals surface area contributed by atoms with Gasteiger partial charge in [0.15, 0.2) is 0 Å². The Balaban J connectivity index is 2.46. The molecule has 4 nitrogen and oxygen atoms in total. The molecule has 0 aliphatic carbocycles. The van der Waals surface area contributed by atoms with E-state index in [9.17, 15) is 0 Å². The molecule has 1 aromatic heterocycles.